The van der Waals surface area contributed by atoms with Gasteiger partial charge in [0, 0.05) is 0 Å². The van der Waals surface area contributed by atoms with Gasteiger partial charge >= 0.3 is 5.97 Å². The first kappa shape index (κ1) is 11.0. The molecule has 0 aromatic carbocycles. The lowest BCUT2D eigenvalue weighted by Crippen LogP contribution is -2.21. The van der Waals surface area contributed by atoms with E-state index in [0.29, 0.717) is 5.92 Å². The van der Waals surface area contributed by atoms with Crippen LogP contribution in [0.4, 0.5) is 0 Å². The fourth-order valence-corrected chi connectivity index (χ4v) is 2.18. The molecule has 14 heavy (non-hydrogen) atoms. The topological polar surface area (TPSA) is 37.3 Å². The Kier molecular flexibility index (Phi) is 3.50. The van der Waals surface area contributed by atoms with E-state index in [0.717, 1.165) is 18.4 Å². The van der Waals surface area contributed by atoms with E-state index in [1.165, 1.54) is 5.57 Å². The van der Waals surface area contributed by atoms with Crippen molar-refractivity contribution in [3.8, 4) is 0 Å². The molecule has 0 amide bonds. The van der Waals surface area contributed by atoms with Crippen LogP contribution >= 0.6 is 0 Å². The molecule has 0 aliphatic heterocycles. The standard InChI is InChI=1S/C12H18O2/c1-8(2)11-5-4-9(3)6-10(11)7-12(13)14/h6,10-11H,1,4-5,7H2,2-3H3,(H,13,14)/t10-,11+/m1/s1. The zero-order chi connectivity index (χ0) is 10.7. The highest BCUT2D eigenvalue weighted by Crippen LogP contribution is 2.34. The highest BCUT2D eigenvalue weighted by molar-refractivity contribution is 5.67. The molecule has 1 rings (SSSR count). The monoisotopic (exact) mass is 194 g/mol. The summed E-state index contributed by atoms with van der Waals surface area (Å²) in [5.41, 5.74) is 2.42. The largest absolute Gasteiger partial charge is 0.481 e. The molecule has 2 atom stereocenters. The average Bonchev–Trinajstić information content (AvgIpc) is 2.01. The minimum absolute atomic E-state index is 0.152. The SMILES string of the molecule is C=C(C)[C@@H]1CCC(C)=C[C@@H]1CC(=O)O. The lowest BCUT2D eigenvalue weighted by atomic mass is 9.76. The van der Waals surface area contributed by atoms with Crippen LogP contribution in [0.3, 0.4) is 0 Å². The predicted molar refractivity (Wildman–Crippen MR) is 57.0 cm³/mol. The number of hydrogen-bond donors (Lipinski definition) is 1. The number of hydrogen-bond acceptors (Lipinski definition) is 1. The van der Waals surface area contributed by atoms with Crippen LogP contribution in [0.1, 0.15) is 33.1 Å². The average molecular weight is 194 g/mol. The summed E-state index contributed by atoms with van der Waals surface area (Å²) in [4.78, 5) is 10.7. The van der Waals surface area contributed by atoms with Gasteiger partial charge in [-0.1, -0.05) is 23.8 Å². The zero-order valence-corrected chi connectivity index (χ0v) is 8.92. The van der Waals surface area contributed by atoms with E-state index < -0.39 is 5.97 Å². The fourth-order valence-electron chi connectivity index (χ4n) is 2.18. The van der Waals surface area contributed by atoms with Crippen molar-refractivity contribution in [1.82, 2.24) is 0 Å². The Balaban J connectivity index is 2.77. The van der Waals surface area contributed by atoms with Gasteiger partial charge in [-0.25, -0.2) is 0 Å². The minimum atomic E-state index is -0.716. The fraction of sp³-hybridized carbons (Fsp3) is 0.583. The van der Waals surface area contributed by atoms with Crippen molar-refractivity contribution in [2.24, 2.45) is 11.8 Å². The van der Waals surface area contributed by atoms with Crippen LogP contribution in [0.15, 0.2) is 23.8 Å². The maximum Gasteiger partial charge on any atom is 0.303 e. The van der Waals surface area contributed by atoms with Crippen molar-refractivity contribution in [2.45, 2.75) is 33.1 Å². The summed E-state index contributed by atoms with van der Waals surface area (Å²) in [6, 6.07) is 0. The van der Waals surface area contributed by atoms with E-state index in [9.17, 15) is 4.79 Å². The quantitative estimate of drug-likeness (QED) is 0.701. The first-order valence-electron chi connectivity index (χ1n) is 5.05. The van der Waals surface area contributed by atoms with Gasteiger partial charge in [-0.3, -0.25) is 4.79 Å². The number of aliphatic carboxylic acids is 1. The summed E-state index contributed by atoms with van der Waals surface area (Å²) in [6.45, 7) is 8.01. The van der Waals surface area contributed by atoms with Crippen molar-refractivity contribution < 1.29 is 9.90 Å². The molecule has 1 aliphatic rings. The third kappa shape index (κ3) is 2.72. The highest BCUT2D eigenvalue weighted by atomic mass is 16.4. The Bertz CT molecular complexity index is 276. The molecule has 1 aliphatic carbocycles. The lowest BCUT2D eigenvalue weighted by Gasteiger charge is -2.29. The molecule has 0 saturated heterocycles. The molecule has 0 bridgehead atoms. The number of carboxylic acids is 1. The van der Waals surface area contributed by atoms with Crippen molar-refractivity contribution >= 4 is 5.97 Å². The molecule has 0 aromatic heterocycles. The van der Waals surface area contributed by atoms with Crippen LogP contribution in [-0.2, 0) is 4.79 Å². The summed E-state index contributed by atoms with van der Waals surface area (Å²) in [5.74, 6) is -0.208. The molecule has 0 heterocycles. The van der Waals surface area contributed by atoms with E-state index in [4.69, 9.17) is 5.11 Å². The van der Waals surface area contributed by atoms with Crippen LogP contribution < -0.4 is 0 Å². The molecular formula is C12H18O2. The van der Waals surface area contributed by atoms with Gasteiger partial charge in [0.25, 0.3) is 0 Å². The van der Waals surface area contributed by atoms with Crippen molar-refractivity contribution in [3.63, 3.8) is 0 Å². The van der Waals surface area contributed by atoms with Crippen LogP contribution in [-0.4, -0.2) is 11.1 Å². The lowest BCUT2D eigenvalue weighted by molar-refractivity contribution is -0.138. The van der Waals surface area contributed by atoms with E-state index in [1.54, 1.807) is 0 Å². The summed E-state index contributed by atoms with van der Waals surface area (Å²) in [5, 5.41) is 8.79. The van der Waals surface area contributed by atoms with Gasteiger partial charge in [-0.05, 0) is 38.5 Å². The highest BCUT2D eigenvalue weighted by Gasteiger charge is 2.25. The van der Waals surface area contributed by atoms with Crippen LogP contribution in [0.5, 0.6) is 0 Å². The maximum absolute atomic E-state index is 10.7. The summed E-state index contributed by atoms with van der Waals surface area (Å²) in [6.07, 6.45) is 4.47. The molecule has 78 valence electrons. The van der Waals surface area contributed by atoms with Crippen LogP contribution in [0, 0.1) is 11.8 Å². The van der Waals surface area contributed by atoms with Crippen molar-refractivity contribution in [1.29, 1.82) is 0 Å². The molecule has 0 aromatic rings. The van der Waals surface area contributed by atoms with E-state index >= 15 is 0 Å². The summed E-state index contributed by atoms with van der Waals surface area (Å²) < 4.78 is 0. The van der Waals surface area contributed by atoms with Gasteiger partial charge in [0.05, 0.1) is 6.42 Å². The van der Waals surface area contributed by atoms with Gasteiger partial charge in [0.2, 0.25) is 0 Å². The van der Waals surface area contributed by atoms with Gasteiger partial charge in [-0.2, -0.15) is 0 Å². The first-order chi connectivity index (χ1) is 6.50. The predicted octanol–water partition coefficient (Wildman–Crippen LogP) is 3.01. The van der Waals surface area contributed by atoms with E-state index in [-0.39, 0.29) is 12.3 Å². The molecule has 0 spiro atoms. The van der Waals surface area contributed by atoms with Gasteiger partial charge < -0.3 is 5.11 Å². The normalized spacial score (nSPS) is 26.9. The molecule has 0 saturated carbocycles. The van der Waals surface area contributed by atoms with Gasteiger partial charge in [-0.15, -0.1) is 0 Å². The van der Waals surface area contributed by atoms with Gasteiger partial charge in [0.15, 0.2) is 0 Å². The van der Waals surface area contributed by atoms with Crippen molar-refractivity contribution in [3.05, 3.63) is 23.8 Å². The number of carboxylic acid groups (broad SMARTS) is 1. The van der Waals surface area contributed by atoms with Crippen LogP contribution in [0.25, 0.3) is 0 Å². The third-order valence-electron chi connectivity index (χ3n) is 2.91. The molecule has 0 unspecified atom stereocenters. The Morgan fingerprint density at radius 1 is 1.71 bits per heavy atom. The molecule has 0 fully saturated rings. The molecule has 0 radical (unpaired) electrons. The molecular weight excluding hydrogens is 176 g/mol. The van der Waals surface area contributed by atoms with Crippen molar-refractivity contribution in [2.75, 3.05) is 0 Å². The molecule has 1 N–H and O–H groups in total. The summed E-state index contributed by atoms with van der Waals surface area (Å²) >= 11 is 0. The maximum atomic E-state index is 10.7. The molecule has 2 nitrogen and oxygen atoms in total. The Morgan fingerprint density at radius 3 is 2.86 bits per heavy atom. The summed E-state index contributed by atoms with van der Waals surface area (Å²) in [7, 11) is 0. The number of carbonyl (C=O) groups is 1. The van der Waals surface area contributed by atoms with Crippen LogP contribution in [0.2, 0.25) is 0 Å². The van der Waals surface area contributed by atoms with E-state index in [1.807, 2.05) is 6.92 Å². The Morgan fingerprint density at radius 2 is 2.36 bits per heavy atom. The Hall–Kier alpha value is -1.05. The second-order valence-electron chi connectivity index (χ2n) is 4.27. The van der Waals surface area contributed by atoms with E-state index in [2.05, 4.69) is 19.6 Å². The second kappa shape index (κ2) is 4.45. The number of rotatable bonds is 3. The third-order valence-corrected chi connectivity index (χ3v) is 2.91. The minimum Gasteiger partial charge on any atom is -0.481 e. The zero-order valence-electron chi connectivity index (χ0n) is 8.92. The van der Waals surface area contributed by atoms with Gasteiger partial charge in [0.1, 0.15) is 0 Å². The Labute approximate surface area is 85.3 Å². The number of allylic oxidation sites excluding steroid dienone is 3. The second-order valence-corrected chi connectivity index (χ2v) is 4.27. The first-order valence-corrected chi connectivity index (χ1v) is 5.05. The molecule has 2 heteroatoms. The smallest absolute Gasteiger partial charge is 0.303 e.